The lowest BCUT2D eigenvalue weighted by molar-refractivity contribution is -0.0627. The molecule has 4 rings (SSSR count). The molecule has 0 aromatic heterocycles. The molecule has 3 nitrogen and oxygen atoms in total. The van der Waals surface area contributed by atoms with E-state index in [1.54, 1.807) is 6.07 Å². The van der Waals surface area contributed by atoms with Gasteiger partial charge in [-0.1, -0.05) is 13.0 Å². The normalized spacial score (nSPS) is 44.8. The number of benzene rings is 1. The van der Waals surface area contributed by atoms with Gasteiger partial charge in [0.1, 0.15) is 5.75 Å². The van der Waals surface area contributed by atoms with Crippen molar-refractivity contribution < 1.29 is 15.3 Å². The van der Waals surface area contributed by atoms with E-state index in [0.29, 0.717) is 18.3 Å². The number of rotatable bonds is 0. The predicted octanol–water partition coefficient (Wildman–Crippen LogP) is 2.58. The number of fused-ring (bicyclic) bond motifs is 5. The van der Waals surface area contributed by atoms with Crippen molar-refractivity contribution in [2.24, 2.45) is 17.3 Å². The van der Waals surface area contributed by atoms with E-state index in [9.17, 15) is 15.3 Å². The zero-order valence-corrected chi connectivity index (χ0v) is 12.5. The van der Waals surface area contributed by atoms with E-state index in [1.807, 2.05) is 12.1 Å². The lowest BCUT2D eigenvalue weighted by Crippen LogP contribution is -2.49. The lowest BCUT2D eigenvalue weighted by Gasteiger charge is -2.51. The van der Waals surface area contributed by atoms with E-state index in [-0.39, 0.29) is 29.3 Å². The van der Waals surface area contributed by atoms with Crippen molar-refractivity contribution >= 4 is 0 Å². The Kier molecular flexibility index (Phi) is 2.89. The van der Waals surface area contributed by atoms with Crippen molar-refractivity contribution in [1.29, 1.82) is 0 Å². The van der Waals surface area contributed by atoms with Crippen molar-refractivity contribution in [2.45, 2.75) is 57.2 Å². The molecule has 0 aliphatic heterocycles. The summed E-state index contributed by atoms with van der Waals surface area (Å²) >= 11 is 0. The molecule has 1 aromatic carbocycles. The molecule has 21 heavy (non-hydrogen) atoms. The average Bonchev–Trinajstić information content (AvgIpc) is 2.74. The zero-order chi connectivity index (χ0) is 14.8. The molecule has 0 radical (unpaired) electrons. The summed E-state index contributed by atoms with van der Waals surface area (Å²) in [5.41, 5.74) is 2.40. The molecular formula is C18H24O3. The van der Waals surface area contributed by atoms with Crippen LogP contribution in [0.5, 0.6) is 5.75 Å². The minimum atomic E-state index is -0.348. The molecule has 2 saturated carbocycles. The molecule has 3 N–H and O–H groups in total. The van der Waals surface area contributed by atoms with Crippen LogP contribution < -0.4 is 0 Å². The first-order valence-corrected chi connectivity index (χ1v) is 8.18. The van der Waals surface area contributed by atoms with Crippen LogP contribution in [0.15, 0.2) is 18.2 Å². The van der Waals surface area contributed by atoms with Gasteiger partial charge in [-0.15, -0.1) is 0 Å². The van der Waals surface area contributed by atoms with E-state index in [1.165, 1.54) is 5.56 Å². The van der Waals surface area contributed by atoms with Crippen LogP contribution in [0.2, 0.25) is 0 Å². The summed E-state index contributed by atoms with van der Waals surface area (Å²) in [5.74, 6) is 1.35. The van der Waals surface area contributed by atoms with Gasteiger partial charge in [0.2, 0.25) is 0 Å². The highest BCUT2D eigenvalue weighted by molar-refractivity contribution is 5.41. The van der Waals surface area contributed by atoms with Gasteiger partial charge in [0, 0.05) is 0 Å². The van der Waals surface area contributed by atoms with Crippen LogP contribution in [0.25, 0.3) is 0 Å². The van der Waals surface area contributed by atoms with E-state index in [2.05, 4.69) is 6.92 Å². The molecule has 114 valence electrons. The Morgan fingerprint density at radius 1 is 1.14 bits per heavy atom. The molecule has 3 aliphatic rings. The SMILES string of the molecule is C[C@]12CC[C@@H]3c4ccc(O)cc4C[C@H](O)[C@@H]3[C@@H]1CC[C@@H]2O. The molecule has 3 aliphatic carbocycles. The number of phenols is 1. The Hall–Kier alpha value is -1.06. The first-order chi connectivity index (χ1) is 10.0. The van der Waals surface area contributed by atoms with Gasteiger partial charge in [-0.2, -0.15) is 0 Å². The van der Waals surface area contributed by atoms with Gasteiger partial charge < -0.3 is 15.3 Å². The smallest absolute Gasteiger partial charge is 0.115 e. The second-order valence-corrected chi connectivity index (χ2v) is 7.58. The van der Waals surface area contributed by atoms with Crippen LogP contribution in [0.4, 0.5) is 0 Å². The van der Waals surface area contributed by atoms with Gasteiger partial charge in [0.15, 0.2) is 0 Å². The molecule has 2 fully saturated rings. The number of hydrogen-bond donors (Lipinski definition) is 3. The van der Waals surface area contributed by atoms with Crippen molar-refractivity contribution in [3.05, 3.63) is 29.3 Å². The minimum Gasteiger partial charge on any atom is -0.508 e. The van der Waals surface area contributed by atoms with Crippen molar-refractivity contribution in [2.75, 3.05) is 0 Å². The monoisotopic (exact) mass is 288 g/mol. The second kappa shape index (κ2) is 4.47. The minimum absolute atomic E-state index is 0.0173. The highest BCUT2D eigenvalue weighted by Crippen LogP contribution is 2.60. The molecule has 0 heterocycles. The quantitative estimate of drug-likeness (QED) is 0.687. The van der Waals surface area contributed by atoms with Gasteiger partial charge in [-0.25, -0.2) is 0 Å². The molecule has 0 saturated heterocycles. The summed E-state index contributed by atoms with van der Waals surface area (Å²) in [5, 5.41) is 30.8. The van der Waals surface area contributed by atoms with Gasteiger partial charge >= 0.3 is 0 Å². The summed E-state index contributed by atoms with van der Waals surface area (Å²) in [4.78, 5) is 0. The molecule has 0 spiro atoms. The summed E-state index contributed by atoms with van der Waals surface area (Å²) in [7, 11) is 0. The summed E-state index contributed by atoms with van der Waals surface area (Å²) in [6, 6.07) is 5.62. The number of phenolic OH excluding ortho intramolecular Hbond substituents is 1. The summed E-state index contributed by atoms with van der Waals surface area (Å²) in [6.45, 7) is 2.21. The maximum absolute atomic E-state index is 10.7. The second-order valence-electron chi connectivity index (χ2n) is 7.58. The maximum atomic E-state index is 10.7. The van der Waals surface area contributed by atoms with Crippen LogP contribution in [-0.4, -0.2) is 27.5 Å². The highest BCUT2D eigenvalue weighted by Gasteiger charge is 2.56. The van der Waals surface area contributed by atoms with Crippen LogP contribution >= 0.6 is 0 Å². The molecule has 0 bridgehead atoms. The molecular weight excluding hydrogens is 264 g/mol. The Bertz CT molecular complexity index is 570. The van der Waals surface area contributed by atoms with Crippen molar-refractivity contribution in [3.8, 4) is 5.75 Å². The highest BCUT2D eigenvalue weighted by atomic mass is 16.3. The zero-order valence-electron chi connectivity index (χ0n) is 12.5. The van der Waals surface area contributed by atoms with Gasteiger partial charge in [0.05, 0.1) is 12.2 Å². The van der Waals surface area contributed by atoms with E-state index in [4.69, 9.17) is 0 Å². The third-order valence-electron chi connectivity index (χ3n) is 6.68. The standard InChI is InChI=1S/C18H24O3/c1-18-7-6-13-12-3-2-11(19)8-10(12)9-15(20)17(13)14(18)4-5-16(18)21/h2-3,8,13-17,19-21H,4-7,9H2,1H3/t13-,14+,15+,16+,17+,18+/m1/s1. The Labute approximate surface area is 125 Å². The molecule has 0 amide bonds. The Morgan fingerprint density at radius 3 is 2.76 bits per heavy atom. The number of aliphatic hydroxyl groups is 2. The predicted molar refractivity (Wildman–Crippen MR) is 80.1 cm³/mol. The summed E-state index contributed by atoms with van der Waals surface area (Å²) in [6.07, 6.45) is 4.05. The average molecular weight is 288 g/mol. The Balaban J connectivity index is 1.76. The first kappa shape index (κ1) is 13.6. The number of aliphatic hydroxyl groups excluding tert-OH is 2. The molecule has 1 aromatic rings. The largest absolute Gasteiger partial charge is 0.508 e. The van der Waals surface area contributed by atoms with Gasteiger partial charge in [0.25, 0.3) is 0 Å². The third-order valence-corrected chi connectivity index (χ3v) is 6.68. The number of aromatic hydroxyl groups is 1. The topological polar surface area (TPSA) is 60.7 Å². The fraction of sp³-hybridized carbons (Fsp3) is 0.667. The van der Waals surface area contributed by atoms with Crippen LogP contribution in [0, 0.1) is 17.3 Å². The fourth-order valence-corrected chi connectivity index (χ4v) is 5.56. The first-order valence-electron chi connectivity index (χ1n) is 8.18. The van der Waals surface area contributed by atoms with Crippen molar-refractivity contribution in [1.82, 2.24) is 0 Å². The van der Waals surface area contributed by atoms with E-state index >= 15 is 0 Å². The van der Waals surface area contributed by atoms with Gasteiger partial charge in [-0.3, -0.25) is 0 Å². The number of hydrogen-bond acceptors (Lipinski definition) is 3. The molecule has 6 atom stereocenters. The molecule has 0 unspecified atom stereocenters. The lowest BCUT2D eigenvalue weighted by atomic mass is 9.54. The maximum Gasteiger partial charge on any atom is 0.115 e. The van der Waals surface area contributed by atoms with Gasteiger partial charge in [-0.05, 0) is 78.5 Å². The van der Waals surface area contributed by atoms with E-state index in [0.717, 1.165) is 31.2 Å². The van der Waals surface area contributed by atoms with Crippen molar-refractivity contribution in [3.63, 3.8) is 0 Å². The van der Waals surface area contributed by atoms with Crippen LogP contribution in [0.1, 0.15) is 49.7 Å². The Morgan fingerprint density at radius 2 is 1.95 bits per heavy atom. The van der Waals surface area contributed by atoms with Crippen LogP contribution in [0.3, 0.4) is 0 Å². The van der Waals surface area contributed by atoms with Crippen LogP contribution in [-0.2, 0) is 6.42 Å². The molecule has 3 heteroatoms. The van der Waals surface area contributed by atoms with E-state index < -0.39 is 0 Å². The fourth-order valence-electron chi connectivity index (χ4n) is 5.56. The summed E-state index contributed by atoms with van der Waals surface area (Å²) < 4.78 is 0. The third kappa shape index (κ3) is 1.80.